The molecule has 1 nitrogen and oxygen atoms in total. The quantitative estimate of drug-likeness (QED) is 0.172. The molecule has 0 fully saturated rings. The molecule has 0 N–H and O–H groups in total. The van der Waals surface area contributed by atoms with E-state index in [1.165, 1.54) is 91.8 Å². The van der Waals surface area contributed by atoms with Crippen LogP contribution in [0.5, 0.6) is 5.75 Å². The van der Waals surface area contributed by atoms with E-state index in [0.29, 0.717) is 0 Å². The molecule has 0 spiro atoms. The van der Waals surface area contributed by atoms with Crippen molar-refractivity contribution in [3.63, 3.8) is 0 Å². The molecular formula is C48H30OS. The predicted octanol–water partition coefficient (Wildman–Crippen LogP) is 13.6. The zero-order chi connectivity index (χ0) is 32.8. The fraction of sp³-hybridized carbons (Fsp3) is 0.0417. The van der Waals surface area contributed by atoms with Crippen molar-refractivity contribution in [3.8, 4) is 39.1 Å². The lowest BCUT2D eigenvalue weighted by Crippen LogP contribution is -2.14. The fourth-order valence-corrected chi connectivity index (χ4v) is 9.89. The molecule has 0 saturated carbocycles. The highest BCUT2D eigenvalue weighted by Crippen LogP contribution is 2.55. The molecule has 50 heavy (non-hydrogen) atoms. The molecule has 1 aliphatic carbocycles. The molecule has 2 unspecified atom stereocenters. The average molecular weight is 655 g/mol. The molecule has 2 atom stereocenters. The molecule has 2 heterocycles. The maximum atomic E-state index is 6.87. The highest BCUT2D eigenvalue weighted by atomic mass is 32.1. The summed E-state index contributed by atoms with van der Waals surface area (Å²) >= 11 is 1.89. The Morgan fingerprint density at radius 3 is 1.84 bits per heavy atom. The number of para-hydroxylation sites is 1. The lowest BCUT2D eigenvalue weighted by Gasteiger charge is -2.27. The first-order valence-corrected chi connectivity index (χ1v) is 18.1. The maximum Gasteiger partial charge on any atom is 0.135 e. The van der Waals surface area contributed by atoms with Crippen LogP contribution in [-0.4, -0.2) is 0 Å². The van der Waals surface area contributed by atoms with Crippen molar-refractivity contribution < 1.29 is 4.74 Å². The van der Waals surface area contributed by atoms with Crippen LogP contribution in [0.1, 0.15) is 28.7 Å². The van der Waals surface area contributed by atoms with E-state index < -0.39 is 0 Å². The second-order valence-electron chi connectivity index (χ2n) is 13.5. The zero-order valence-electron chi connectivity index (χ0n) is 27.1. The Labute approximate surface area is 294 Å². The smallest absolute Gasteiger partial charge is 0.135 e. The molecule has 234 valence electrons. The highest BCUT2D eigenvalue weighted by molar-refractivity contribution is 7.25. The van der Waals surface area contributed by atoms with Gasteiger partial charge in [0.25, 0.3) is 0 Å². The van der Waals surface area contributed by atoms with Crippen molar-refractivity contribution in [2.24, 2.45) is 0 Å². The van der Waals surface area contributed by atoms with Crippen molar-refractivity contribution in [1.82, 2.24) is 0 Å². The minimum absolute atomic E-state index is 0.0825. The SMILES string of the molecule is C1=CC2c3ccccc3OC2c2c(-c3cccc(-c4c5ccccc5c(-c5ccccc5)c5ccccc45)c3)cc3sc4ccccc4c3c21. The van der Waals surface area contributed by atoms with Gasteiger partial charge in [-0.3, -0.25) is 0 Å². The molecule has 0 saturated heterocycles. The molecule has 1 aromatic heterocycles. The lowest BCUT2D eigenvalue weighted by molar-refractivity contribution is 0.224. The first-order chi connectivity index (χ1) is 24.8. The third-order valence-corrected chi connectivity index (χ3v) is 11.9. The van der Waals surface area contributed by atoms with Gasteiger partial charge in [0.15, 0.2) is 0 Å². The molecule has 9 aromatic rings. The van der Waals surface area contributed by atoms with E-state index in [-0.39, 0.29) is 12.0 Å². The summed E-state index contributed by atoms with van der Waals surface area (Å²) in [5.74, 6) is 1.17. The van der Waals surface area contributed by atoms with Crippen molar-refractivity contribution in [1.29, 1.82) is 0 Å². The largest absolute Gasteiger partial charge is 0.484 e. The third-order valence-electron chi connectivity index (χ3n) is 10.8. The number of fused-ring (bicyclic) bond motifs is 11. The highest BCUT2D eigenvalue weighted by Gasteiger charge is 2.39. The monoisotopic (exact) mass is 654 g/mol. The summed E-state index contributed by atoms with van der Waals surface area (Å²) in [5, 5.41) is 7.73. The van der Waals surface area contributed by atoms with E-state index in [1.54, 1.807) is 0 Å². The van der Waals surface area contributed by atoms with E-state index in [1.807, 2.05) is 11.3 Å². The van der Waals surface area contributed by atoms with Crippen molar-refractivity contribution in [2.75, 3.05) is 0 Å². The van der Waals surface area contributed by atoms with Gasteiger partial charge in [0.1, 0.15) is 11.9 Å². The number of ether oxygens (including phenoxy) is 1. The van der Waals surface area contributed by atoms with Crippen molar-refractivity contribution in [2.45, 2.75) is 12.0 Å². The summed E-state index contributed by atoms with van der Waals surface area (Å²) < 4.78 is 9.50. The van der Waals surface area contributed by atoms with Gasteiger partial charge >= 0.3 is 0 Å². The Bertz CT molecular complexity index is 2800. The van der Waals surface area contributed by atoms with Gasteiger partial charge in [0.05, 0.1) is 0 Å². The molecule has 0 amide bonds. The second-order valence-corrected chi connectivity index (χ2v) is 14.6. The van der Waals surface area contributed by atoms with Crippen LogP contribution < -0.4 is 4.74 Å². The number of hydrogen-bond donors (Lipinski definition) is 0. The topological polar surface area (TPSA) is 9.23 Å². The van der Waals surface area contributed by atoms with Crippen LogP contribution in [0.4, 0.5) is 0 Å². The van der Waals surface area contributed by atoms with Crippen LogP contribution in [0.25, 0.3) is 81.2 Å². The molecule has 8 aromatic carbocycles. The van der Waals surface area contributed by atoms with Crippen LogP contribution in [0.2, 0.25) is 0 Å². The van der Waals surface area contributed by atoms with Crippen LogP contribution in [0.3, 0.4) is 0 Å². The Kier molecular flexibility index (Phi) is 6.02. The Balaban J connectivity index is 1.18. The Morgan fingerprint density at radius 2 is 1.08 bits per heavy atom. The summed E-state index contributed by atoms with van der Waals surface area (Å²) in [7, 11) is 0. The van der Waals surface area contributed by atoms with Crippen molar-refractivity contribution in [3.05, 3.63) is 180 Å². The van der Waals surface area contributed by atoms with Gasteiger partial charge in [-0.1, -0.05) is 146 Å². The van der Waals surface area contributed by atoms with Crippen molar-refractivity contribution >= 4 is 59.1 Å². The first kappa shape index (κ1) is 27.9. The van der Waals surface area contributed by atoms with Crippen LogP contribution in [0, 0.1) is 0 Å². The predicted molar refractivity (Wildman–Crippen MR) is 212 cm³/mol. The summed E-state index contributed by atoms with van der Waals surface area (Å²) in [6.45, 7) is 0. The molecule has 2 aliphatic rings. The normalized spacial score (nSPS) is 16.1. The van der Waals surface area contributed by atoms with Gasteiger partial charge in [-0.25, -0.2) is 0 Å². The second kappa shape index (κ2) is 10.8. The number of benzene rings is 8. The average Bonchev–Trinajstić information content (AvgIpc) is 3.75. The molecule has 0 bridgehead atoms. The fourth-order valence-electron chi connectivity index (χ4n) is 8.73. The molecule has 2 heteroatoms. The summed E-state index contributed by atoms with van der Waals surface area (Å²) in [4.78, 5) is 0. The summed E-state index contributed by atoms with van der Waals surface area (Å²) in [6, 6.07) is 57.7. The summed E-state index contributed by atoms with van der Waals surface area (Å²) in [6.07, 6.45) is 4.67. The number of rotatable bonds is 3. The van der Waals surface area contributed by atoms with Crippen LogP contribution in [-0.2, 0) is 0 Å². The lowest BCUT2D eigenvalue weighted by atomic mass is 9.79. The van der Waals surface area contributed by atoms with E-state index >= 15 is 0 Å². The minimum Gasteiger partial charge on any atom is -0.484 e. The molecule has 0 radical (unpaired) electrons. The summed E-state index contributed by atoms with van der Waals surface area (Å²) in [5.41, 5.74) is 11.3. The zero-order valence-corrected chi connectivity index (χ0v) is 28.0. The van der Waals surface area contributed by atoms with Gasteiger partial charge in [-0.05, 0) is 84.8 Å². The number of hydrogen-bond acceptors (Lipinski definition) is 2. The van der Waals surface area contributed by atoms with Gasteiger partial charge in [0.2, 0.25) is 0 Å². The standard InChI is InChI=1S/C48H30OS/c1-2-13-29(14-3-1)44-33-18-4-6-20-35(33)45(36-21-7-5-19-34(36)44)31-16-12-15-30(27-31)40-28-43-46(38-22-9-11-24-42(38)50-43)39-26-25-37-32-17-8-10-23-41(32)49-48(37)47(39)40/h1-28,37,48H. The maximum absolute atomic E-state index is 6.87. The van der Waals surface area contributed by atoms with Crippen LogP contribution >= 0.6 is 11.3 Å². The molecular weight excluding hydrogens is 625 g/mol. The van der Waals surface area contributed by atoms with Crippen LogP contribution in [0.15, 0.2) is 164 Å². The van der Waals surface area contributed by atoms with E-state index in [2.05, 4.69) is 170 Å². The van der Waals surface area contributed by atoms with Gasteiger partial charge < -0.3 is 4.74 Å². The first-order valence-electron chi connectivity index (χ1n) is 17.3. The molecule has 1 aliphatic heterocycles. The van der Waals surface area contributed by atoms with E-state index in [4.69, 9.17) is 4.74 Å². The molecule has 11 rings (SSSR count). The minimum atomic E-state index is -0.0825. The Hall–Kier alpha value is -5.96. The number of thiophene rings is 1. The van der Waals surface area contributed by atoms with Gasteiger partial charge in [-0.15, -0.1) is 11.3 Å². The van der Waals surface area contributed by atoms with Gasteiger partial charge in [0, 0.05) is 37.2 Å². The Morgan fingerprint density at radius 1 is 0.480 bits per heavy atom. The van der Waals surface area contributed by atoms with E-state index in [0.717, 1.165) is 5.75 Å². The van der Waals surface area contributed by atoms with Gasteiger partial charge in [-0.2, -0.15) is 0 Å². The van der Waals surface area contributed by atoms with E-state index in [9.17, 15) is 0 Å². The third kappa shape index (κ3) is 4.00.